The molecule has 2 aliphatic rings. The van der Waals surface area contributed by atoms with Crippen molar-refractivity contribution < 1.29 is 27.4 Å². The number of ether oxygens (including phenoxy) is 3. The van der Waals surface area contributed by atoms with E-state index in [9.17, 15) is 13.2 Å². The number of rotatable bonds is 7. The molecular weight excluding hydrogens is 395 g/mol. The number of anilines is 1. The summed E-state index contributed by atoms with van der Waals surface area (Å²) in [5.74, 6) is 1.72. The molecule has 0 N–H and O–H groups in total. The summed E-state index contributed by atoms with van der Waals surface area (Å²) in [6, 6.07) is 13.0. The van der Waals surface area contributed by atoms with E-state index in [2.05, 4.69) is 17.0 Å². The van der Waals surface area contributed by atoms with Crippen molar-refractivity contribution in [1.29, 1.82) is 0 Å². The maximum absolute atomic E-state index is 12.6. The highest BCUT2D eigenvalue weighted by molar-refractivity contribution is 5.49. The smallest absolute Gasteiger partial charge is 0.416 e. The number of halogens is 3. The van der Waals surface area contributed by atoms with Gasteiger partial charge in [0, 0.05) is 18.8 Å². The molecule has 2 aromatic rings. The second-order valence-corrected chi connectivity index (χ2v) is 8.28. The topological polar surface area (TPSA) is 34.2 Å². The Morgan fingerprint density at radius 1 is 0.967 bits per heavy atom. The van der Waals surface area contributed by atoms with Gasteiger partial charge in [0.25, 0.3) is 0 Å². The van der Waals surface area contributed by atoms with Gasteiger partial charge in [-0.25, -0.2) is 0 Å². The van der Waals surface area contributed by atoms with E-state index >= 15 is 0 Å². The van der Waals surface area contributed by atoms with Crippen LogP contribution < -0.4 is 14.4 Å². The van der Waals surface area contributed by atoms with Crippen molar-refractivity contribution in [2.24, 2.45) is 5.92 Å². The van der Waals surface area contributed by atoms with Crippen LogP contribution in [0.3, 0.4) is 0 Å². The van der Waals surface area contributed by atoms with Crippen LogP contribution in [0.15, 0.2) is 48.5 Å². The molecule has 2 saturated heterocycles. The highest BCUT2D eigenvalue weighted by Crippen LogP contribution is 2.31. The summed E-state index contributed by atoms with van der Waals surface area (Å²) >= 11 is 0. The van der Waals surface area contributed by atoms with Crippen LogP contribution in [0.4, 0.5) is 18.9 Å². The van der Waals surface area contributed by atoms with Gasteiger partial charge in [0.05, 0.1) is 18.8 Å². The Morgan fingerprint density at radius 3 is 2.10 bits per heavy atom. The summed E-state index contributed by atoms with van der Waals surface area (Å²) in [6.07, 6.45) is -2.36. The maximum atomic E-state index is 12.6. The first-order valence-corrected chi connectivity index (χ1v) is 10.2. The Balaban J connectivity index is 1.21. The van der Waals surface area contributed by atoms with Gasteiger partial charge in [0.2, 0.25) is 0 Å². The van der Waals surface area contributed by atoms with Crippen molar-refractivity contribution in [3.63, 3.8) is 0 Å². The first-order chi connectivity index (χ1) is 14.3. The van der Waals surface area contributed by atoms with Gasteiger partial charge in [0.15, 0.2) is 0 Å². The Bertz CT molecular complexity index is 824. The molecule has 4 rings (SSSR count). The summed E-state index contributed by atoms with van der Waals surface area (Å²) in [5.41, 5.74) is 0.385. The van der Waals surface area contributed by atoms with Crippen LogP contribution in [0.25, 0.3) is 0 Å². The summed E-state index contributed by atoms with van der Waals surface area (Å²) in [7, 11) is 0. The number of benzene rings is 2. The van der Waals surface area contributed by atoms with E-state index < -0.39 is 11.7 Å². The molecule has 0 bridgehead atoms. The normalized spacial score (nSPS) is 22.1. The van der Waals surface area contributed by atoms with Gasteiger partial charge in [-0.05, 0) is 74.2 Å². The van der Waals surface area contributed by atoms with Crippen LogP contribution in [0.1, 0.15) is 25.3 Å². The molecule has 0 aromatic heterocycles. The predicted octanol–water partition coefficient (Wildman–Crippen LogP) is 5.17. The van der Waals surface area contributed by atoms with Gasteiger partial charge in [-0.3, -0.25) is 0 Å². The zero-order chi connectivity index (χ0) is 21.2. The number of epoxide rings is 1. The van der Waals surface area contributed by atoms with E-state index in [1.807, 2.05) is 19.1 Å². The van der Waals surface area contributed by atoms with Gasteiger partial charge in [0.1, 0.15) is 23.7 Å². The average molecular weight is 421 g/mol. The lowest BCUT2D eigenvalue weighted by atomic mass is 9.97. The molecule has 0 radical (unpaired) electrons. The SMILES string of the molecule is C[C@]1(COc2ccc(N3CCC(COc4ccc(C(F)(F)F)cc4)CC3)cc2)CO1. The Kier molecular flexibility index (Phi) is 5.82. The molecule has 0 amide bonds. The van der Waals surface area contributed by atoms with Gasteiger partial charge < -0.3 is 19.1 Å². The van der Waals surface area contributed by atoms with Crippen LogP contribution >= 0.6 is 0 Å². The Labute approximate surface area is 174 Å². The van der Waals surface area contributed by atoms with Crippen LogP contribution in [0.2, 0.25) is 0 Å². The molecule has 4 nitrogen and oxygen atoms in total. The Hall–Kier alpha value is -2.41. The van der Waals surface area contributed by atoms with Crippen molar-refractivity contribution in [3.8, 4) is 11.5 Å². The van der Waals surface area contributed by atoms with Gasteiger partial charge in [-0.1, -0.05) is 0 Å². The third-order valence-corrected chi connectivity index (χ3v) is 5.67. The first-order valence-electron chi connectivity index (χ1n) is 10.2. The lowest BCUT2D eigenvalue weighted by molar-refractivity contribution is -0.137. The molecular formula is C23H26F3NO3. The second kappa shape index (κ2) is 8.38. The number of hydrogen-bond donors (Lipinski definition) is 0. The monoisotopic (exact) mass is 421 g/mol. The minimum Gasteiger partial charge on any atom is -0.493 e. The van der Waals surface area contributed by atoms with E-state index in [0.29, 0.717) is 24.9 Å². The van der Waals surface area contributed by atoms with Gasteiger partial charge in [-0.2, -0.15) is 13.2 Å². The molecule has 0 spiro atoms. The maximum Gasteiger partial charge on any atom is 0.416 e. The number of hydrogen-bond acceptors (Lipinski definition) is 4. The van der Waals surface area contributed by atoms with Crippen molar-refractivity contribution in [2.75, 3.05) is 37.8 Å². The van der Waals surface area contributed by atoms with E-state index in [-0.39, 0.29) is 5.60 Å². The summed E-state index contributed by atoms with van der Waals surface area (Å²) in [4.78, 5) is 2.34. The van der Waals surface area contributed by atoms with Crippen LogP contribution in [-0.4, -0.2) is 38.5 Å². The fraction of sp³-hybridized carbons (Fsp3) is 0.478. The second-order valence-electron chi connectivity index (χ2n) is 8.28. The molecule has 0 unspecified atom stereocenters. The highest BCUT2D eigenvalue weighted by atomic mass is 19.4. The van der Waals surface area contributed by atoms with Crippen molar-refractivity contribution >= 4 is 5.69 Å². The molecule has 2 heterocycles. The van der Waals surface area contributed by atoms with Crippen molar-refractivity contribution in [2.45, 2.75) is 31.5 Å². The minimum absolute atomic E-state index is 0.122. The summed E-state index contributed by atoms with van der Waals surface area (Å²) in [6.45, 7) is 5.72. The molecule has 0 saturated carbocycles. The van der Waals surface area contributed by atoms with E-state index in [0.717, 1.165) is 50.4 Å². The average Bonchev–Trinajstić information content (AvgIpc) is 3.49. The van der Waals surface area contributed by atoms with Crippen molar-refractivity contribution in [3.05, 3.63) is 54.1 Å². The number of nitrogens with zero attached hydrogens (tertiary/aromatic N) is 1. The van der Waals surface area contributed by atoms with Crippen molar-refractivity contribution in [1.82, 2.24) is 0 Å². The lowest BCUT2D eigenvalue weighted by Gasteiger charge is -2.33. The molecule has 2 aromatic carbocycles. The van der Waals surface area contributed by atoms with E-state index in [4.69, 9.17) is 14.2 Å². The van der Waals surface area contributed by atoms with Gasteiger partial charge in [-0.15, -0.1) is 0 Å². The summed E-state index contributed by atoms with van der Waals surface area (Å²) < 4.78 is 54.7. The highest BCUT2D eigenvalue weighted by Gasteiger charge is 2.40. The molecule has 2 fully saturated rings. The molecule has 2 aliphatic heterocycles. The van der Waals surface area contributed by atoms with Crippen LogP contribution in [0.5, 0.6) is 11.5 Å². The molecule has 0 aliphatic carbocycles. The molecule has 7 heteroatoms. The largest absolute Gasteiger partial charge is 0.493 e. The standard InChI is InChI=1S/C23H26F3NO3/c1-22(16-30-22)15-29-21-8-4-19(5-9-21)27-12-10-17(11-13-27)14-28-20-6-2-18(3-7-20)23(24,25)26/h2-9,17H,10-16H2,1H3/t22-/m0/s1. The fourth-order valence-corrected chi connectivity index (χ4v) is 3.51. The van der Waals surface area contributed by atoms with E-state index in [1.54, 1.807) is 0 Å². The third kappa shape index (κ3) is 5.39. The predicted molar refractivity (Wildman–Crippen MR) is 108 cm³/mol. The minimum atomic E-state index is -4.32. The fourth-order valence-electron chi connectivity index (χ4n) is 3.51. The third-order valence-electron chi connectivity index (χ3n) is 5.67. The number of piperidine rings is 1. The zero-order valence-electron chi connectivity index (χ0n) is 17.0. The summed E-state index contributed by atoms with van der Waals surface area (Å²) in [5, 5.41) is 0. The number of alkyl halides is 3. The van der Waals surface area contributed by atoms with Crippen LogP contribution in [0, 0.1) is 5.92 Å². The van der Waals surface area contributed by atoms with Gasteiger partial charge >= 0.3 is 6.18 Å². The Morgan fingerprint density at radius 2 is 1.53 bits per heavy atom. The quantitative estimate of drug-likeness (QED) is 0.578. The molecule has 162 valence electrons. The van der Waals surface area contributed by atoms with E-state index in [1.165, 1.54) is 17.8 Å². The molecule has 1 atom stereocenters. The lowest BCUT2D eigenvalue weighted by Crippen LogP contribution is -2.35. The first kappa shape index (κ1) is 20.8. The molecule has 30 heavy (non-hydrogen) atoms. The zero-order valence-corrected chi connectivity index (χ0v) is 17.0. The van der Waals surface area contributed by atoms with Crippen LogP contribution in [-0.2, 0) is 10.9 Å².